The van der Waals surface area contributed by atoms with Crippen LogP contribution in [0.4, 0.5) is 30.0 Å². The number of ether oxygens (including phenoxy) is 2. The number of amides is 3. The molecule has 3 rings (SSSR count). The minimum atomic E-state index is -10.7. The summed E-state index contributed by atoms with van der Waals surface area (Å²) in [5, 5.41) is 17.9. The first-order valence-corrected chi connectivity index (χ1v) is 18.0. The largest absolute Gasteiger partial charge is 1.00 e. The Hall–Kier alpha value is -3.97. The van der Waals surface area contributed by atoms with E-state index in [4.69, 9.17) is 9.47 Å². The van der Waals surface area contributed by atoms with E-state index in [1.165, 1.54) is 19.2 Å². The number of alkyl carbamates (subject to hydrolysis) is 1. The Morgan fingerprint density at radius 2 is 1.30 bits per heavy atom. The zero-order valence-electron chi connectivity index (χ0n) is 30.0. The summed E-state index contributed by atoms with van der Waals surface area (Å²) in [5.41, 5.74) is 0.652. The number of allylic oxidation sites excluding steroid dienone is 4. The Morgan fingerprint density at radius 3 is 1.75 bits per heavy atom. The fourth-order valence-electron chi connectivity index (χ4n) is 4.30. The quantitative estimate of drug-likeness (QED) is 0.0734. The molecule has 1 unspecified atom stereocenters. The van der Waals surface area contributed by atoms with E-state index >= 15 is 0 Å². The minimum absolute atomic E-state index is 0. The second-order valence-electron chi connectivity index (χ2n) is 12.6. The van der Waals surface area contributed by atoms with E-state index in [-0.39, 0.29) is 44.0 Å². The Labute approximate surface area is 318 Å². The van der Waals surface area contributed by atoms with E-state index in [2.05, 4.69) is 16.0 Å². The third kappa shape index (κ3) is 24.8. The summed E-state index contributed by atoms with van der Waals surface area (Å²) in [4.78, 5) is 52.1. The average Bonchev–Trinajstić information content (AvgIpc) is 3.61. The van der Waals surface area contributed by atoms with E-state index in [1.54, 1.807) is 39.8 Å². The van der Waals surface area contributed by atoms with Gasteiger partial charge in [0, 0.05) is 19.3 Å². The van der Waals surface area contributed by atoms with Gasteiger partial charge in [-0.05, 0) is 49.9 Å². The van der Waals surface area contributed by atoms with Crippen molar-refractivity contribution in [2.45, 2.75) is 77.6 Å². The van der Waals surface area contributed by atoms with E-state index in [0.29, 0.717) is 12.0 Å². The monoisotopic (exact) mass is 867 g/mol. The van der Waals surface area contributed by atoms with E-state index in [0.717, 1.165) is 5.56 Å². The Morgan fingerprint density at radius 1 is 0.774 bits per heavy atom. The fourth-order valence-corrected chi connectivity index (χ4v) is 4.30. The second kappa shape index (κ2) is 20.5. The van der Waals surface area contributed by atoms with Crippen molar-refractivity contribution in [1.82, 2.24) is 16.0 Å². The van der Waals surface area contributed by atoms with Gasteiger partial charge in [-0.25, -0.2) is 9.59 Å². The molecular formula is C35H46F6N3O7PRu. The Bertz CT molecular complexity index is 1540. The summed E-state index contributed by atoms with van der Waals surface area (Å²) < 4.78 is 69.4. The van der Waals surface area contributed by atoms with Crippen LogP contribution in [-0.4, -0.2) is 59.8 Å². The number of phenolic OH excluding ortho intramolecular Hbond substituents is 1. The molecule has 4 N–H and O–H groups in total. The summed E-state index contributed by atoms with van der Waals surface area (Å²) >= 11 is 0. The summed E-state index contributed by atoms with van der Waals surface area (Å²) in [7, 11) is -9.44. The smallest absolute Gasteiger partial charge is 0.0767 e. The van der Waals surface area contributed by atoms with Crippen LogP contribution in [0.5, 0.6) is 5.75 Å². The molecule has 0 saturated carbocycles. The normalized spacial score (nSPS) is 15.4. The number of benzene rings is 2. The first-order valence-electron chi connectivity index (χ1n) is 16.0. The van der Waals surface area contributed by atoms with Crippen LogP contribution >= 0.6 is 7.81 Å². The molecule has 1 aliphatic carbocycles. The molecule has 0 aromatic heterocycles. The predicted molar refractivity (Wildman–Crippen MR) is 187 cm³/mol. The van der Waals surface area contributed by atoms with E-state index in [9.17, 15) is 49.5 Å². The standard InChI is InChI=1S/C30H41N3O7.C5H5.F6P.Ru/c1-7-19(2)25(27(36)31-24(28(37)39-6)18-21-14-11-15-22(34)16-21)33-26(35)23(17-20-12-9-8-10-13-20)32-29(38)40-30(3,4)5;1-2-4-5-3-1;1-7(2,3,4,5)6;/h8-16,19,23-25,34H,7,17-18H2,1-6H3,(H,31,36)(H,32,38)(H,33,35);1-5H;;/q;;-1;+1/t19?,23-,24-,25-;;;/m0.../s1. The van der Waals surface area contributed by atoms with Gasteiger partial charge in [0.15, 0.2) is 0 Å². The molecule has 4 atom stereocenters. The van der Waals surface area contributed by atoms with Crippen molar-refractivity contribution in [1.29, 1.82) is 0 Å². The number of phenols is 1. The predicted octanol–water partition coefficient (Wildman–Crippen LogP) is 7.96. The van der Waals surface area contributed by atoms with Gasteiger partial charge in [0.05, 0.1) is 7.11 Å². The summed E-state index contributed by atoms with van der Waals surface area (Å²) in [5.74, 6) is -2.09. The molecule has 10 nitrogen and oxygen atoms in total. The first kappa shape index (κ1) is 49.0. The molecule has 0 saturated heterocycles. The van der Waals surface area contributed by atoms with Gasteiger partial charge in [0.2, 0.25) is 11.8 Å². The Kier molecular flexibility index (Phi) is 18.9. The average molecular weight is 867 g/mol. The topological polar surface area (TPSA) is 143 Å². The molecule has 0 fully saturated rings. The van der Waals surface area contributed by atoms with Gasteiger partial charge in [-0.2, -0.15) is 0 Å². The molecule has 2 aromatic carbocycles. The maximum atomic E-state index is 13.5. The zero-order valence-corrected chi connectivity index (χ0v) is 32.6. The van der Waals surface area contributed by atoms with Crippen molar-refractivity contribution in [3.05, 3.63) is 96.4 Å². The van der Waals surface area contributed by atoms with Crippen LogP contribution in [0.1, 0.15) is 52.2 Å². The summed E-state index contributed by atoms with van der Waals surface area (Å²) in [6.07, 6.45) is 10.0. The van der Waals surface area contributed by atoms with Crippen molar-refractivity contribution in [3.63, 3.8) is 0 Å². The molecule has 1 aliphatic rings. The maximum Gasteiger partial charge on any atom is 1.00 e. The third-order valence-electron chi connectivity index (χ3n) is 6.79. The SMILES string of the molecule is CCC(C)[C@H](NC(=O)[C@H](Cc1ccccc1)NC(=O)OC(C)(C)C)C(=O)N[C@@H](Cc1cccc(O)c1)C(=O)OC.F[P-](F)(F)(F)(F)F.[CH]1C=CC=C1.[Ru+]. The number of halogens is 6. The van der Waals surface area contributed by atoms with Crippen molar-refractivity contribution < 1.29 is 78.4 Å². The third-order valence-corrected chi connectivity index (χ3v) is 6.79. The van der Waals surface area contributed by atoms with Crippen LogP contribution in [0.25, 0.3) is 0 Å². The van der Waals surface area contributed by atoms with Crippen LogP contribution in [0.2, 0.25) is 0 Å². The first-order chi connectivity index (χ1) is 23.8. The van der Waals surface area contributed by atoms with Crippen molar-refractivity contribution in [3.8, 4) is 5.75 Å². The molecule has 2 aromatic rings. The van der Waals surface area contributed by atoms with Crippen LogP contribution in [-0.2, 0) is 56.2 Å². The van der Waals surface area contributed by atoms with Crippen molar-refractivity contribution in [2.24, 2.45) is 5.92 Å². The molecular weight excluding hydrogens is 820 g/mol. The zero-order chi connectivity index (χ0) is 39.8. The number of esters is 1. The molecule has 0 spiro atoms. The molecule has 2 radical (unpaired) electrons. The number of rotatable bonds is 12. The van der Waals surface area contributed by atoms with Crippen molar-refractivity contribution >= 4 is 31.7 Å². The van der Waals surface area contributed by atoms with Gasteiger partial charge in [0.25, 0.3) is 0 Å². The maximum absolute atomic E-state index is 13.5. The van der Waals surface area contributed by atoms with Gasteiger partial charge < -0.3 is 30.5 Å². The summed E-state index contributed by atoms with van der Waals surface area (Å²) in [6.45, 7) is 8.84. The van der Waals surface area contributed by atoms with Crippen LogP contribution in [0.3, 0.4) is 0 Å². The fraction of sp³-hybridized carbons (Fsp3) is 0.400. The van der Waals surface area contributed by atoms with Gasteiger partial charge in [0.1, 0.15) is 29.5 Å². The van der Waals surface area contributed by atoms with Crippen molar-refractivity contribution in [2.75, 3.05) is 7.11 Å². The number of methoxy groups -OCH3 is 1. The molecule has 18 heteroatoms. The number of carbonyl (C=O) groups is 4. The molecule has 0 aliphatic heterocycles. The van der Waals surface area contributed by atoms with Crippen LogP contribution < -0.4 is 16.0 Å². The van der Waals surface area contributed by atoms with E-state index < -0.39 is 55.4 Å². The van der Waals surface area contributed by atoms with Crippen LogP contribution in [0, 0.1) is 12.3 Å². The Balaban J connectivity index is 0.00000176. The molecule has 53 heavy (non-hydrogen) atoms. The molecule has 298 valence electrons. The number of aromatic hydroxyl groups is 1. The van der Waals surface area contributed by atoms with E-state index in [1.807, 2.05) is 68.0 Å². The summed E-state index contributed by atoms with van der Waals surface area (Å²) in [6, 6.07) is 12.4. The number of carbonyl (C=O) groups excluding carboxylic acids is 4. The van der Waals surface area contributed by atoms with Gasteiger partial charge in [-0.15, -0.1) is 0 Å². The number of hydrogen-bond donors (Lipinski definition) is 4. The van der Waals surface area contributed by atoms with Gasteiger partial charge in [-0.1, -0.05) is 87.0 Å². The molecule has 0 bridgehead atoms. The molecule has 3 amide bonds. The minimum Gasteiger partial charge on any atom is -0.0767 e. The number of nitrogens with one attached hydrogen (secondary N) is 3. The van der Waals surface area contributed by atoms with Crippen LogP contribution in [0.15, 0.2) is 78.9 Å². The van der Waals surface area contributed by atoms with Gasteiger partial charge in [-0.3, -0.25) is 9.59 Å². The van der Waals surface area contributed by atoms with Gasteiger partial charge >= 0.3 is 64.5 Å². The number of hydrogen-bond acceptors (Lipinski definition) is 7. The molecule has 0 heterocycles. The second-order valence-corrected chi connectivity index (χ2v) is 14.6.